The number of hydrogen-bond acceptors (Lipinski definition) is 5. The fourth-order valence-electron chi connectivity index (χ4n) is 2.43. The highest BCUT2D eigenvalue weighted by Gasteiger charge is 2.31. The molecule has 2 unspecified atom stereocenters. The Morgan fingerprint density at radius 2 is 1.95 bits per heavy atom. The number of methoxy groups -OCH3 is 2. The first-order chi connectivity index (χ1) is 8.95. The molecule has 2 atom stereocenters. The monoisotopic (exact) mass is 285 g/mol. The SMILES string of the molecule is COc1ccc(C2CS(=O)(=O)CC(C)N2)c(OC)c1. The molecule has 0 aliphatic carbocycles. The van der Waals surface area contributed by atoms with E-state index in [9.17, 15) is 8.42 Å². The van der Waals surface area contributed by atoms with Crippen LogP contribution in [0.5, 0.6) is 11.5 Å². The molecule has 1 saturated heterocycles. The van der Waals surface area contributed by atoms with Gasteiger partial charge in [-0.15, -0.1) is 0 Å². The molecule has 0 saturated carbocycles. The second-order valence-electron chi connectivity index (χ2n) is 4.81. The number of ether oxygens (including phenoxy) is 2. The maximum absolute atomic E-state index is 11.9. The third-order valence-corrected chi connectivity index (χ3v) is 5.08. The van der Waals surface area contributed by atoms with Crippen molar-refractivity contribution in [3.05, 3.63) is 23.8 Å². The average Bonchev–Trinajstić information content (AvgIpc) is 2.35. The zero-order valence-electron chi connectivity index (χ0n) is 11.3. The van der Waals surface area contributed by atoms with E-state index in [0.29, 0.717) is 11.5 Å². The van der Waals surface area contributed by atoms with E-state index >= 15 is 0 Å². The third-order valence-electron chi connectivity index (χ3n) is 3.23. The Hall–Kier alpha value is -1.27. The molecule has 1 N–H and O–H groups in total. The van der Waals surface area contributed by atoms with Gasteiger partial charge in [0.25, 0.3) is 0 Å². The molecule has 1 aliphatic heterocycles. The minimum atomic E-state index is -3.02. The van der Waals surface area contributed by atoms with Crippen LogP contribution < -0.4 is 14.8 Å². The summed E-state index contributed by atoms with van der Waals surface area (Å²) in [6.07, 6.45) is 0. The Balaban J connectivity index is 2.35. The Labute approximate surface area is 113 Å². The predicted molar refractivity (Wildman–Crippen MR) is 73.5 cm³/mol. The van der Waals surface area contributed by atoms with E-state index in [4.69, 9.17) is 9.47 Å². The Morgan fingerprint density at radius 1 is 1.21 bits per heavy atom. The van der Waals surface area contributed by atoms with Crippen LogP contribution in [0.15, 0.2) is 18.2 Å². The first kappa shape index (κ1) is 14.1. The molecule has 1 fully saturated rings. The van der Waals surface area contributed by atoms with Crippen LogP contribution in [0.1, 0.15) is 18.5 Å². The van der Waals surface area contributed by atoms with Gasteiger partial charge in [-0.3, -0.25) is 0 Å². The van der Waals surface area contributed by atoms with Crippen molar-refractivity contribution in [3.63, 3.8) is 0 Å². The molecule has 1 aromatic rings. The first-order valence-electron chi connectivity index (χ1n) is 6.13. The van der Waals surface area contributed by atoms with Crippen molar-refractivity contribution < 1.29 is 17.9 Å². The summed E-state index contributed by atoms with van der Waals surface area (Å²) >= 11 is 0. The summed E-state index contributed by atoms with van der Waals surface area (Å²) in [5, 5.41) is 3.30. The van der Waals surface area contributed by atoms with Gasteiger partial charge in [0.2, 0.25) is 0 Å². The van der Waals surface area contributed by atoms with Gasteiger partial charge in [-0.2, -0.15) is 0 Å². The van der Waals surface area contributed by atoms with Crippen molar-refractivity contribution in [2.45, 2.75) is 19.0 Å². The lowest BCUT2D eigenvalue weighted by Crippen LogP contribution is -2.45. The lowest BCUT2D eigenvalue weighted by Gasteiger charge is -2.30. The smallest absolute Gasteiger partial charge is 0.153 e. The number of hydrogen-bond donors (Lipinski definition) is 1. The fourth-order valence-corrected chi connectivity index (χ4v) is 4.21. The third kappa shape index (κ3) is 3.19. The fraction of sp³-hybridized carbons (Fsp3) is 0.538. The van der Waals surface area contributed by atoms with Crippen LogP contribution in [0.2, 0.25) is 0 Å². The van der Waals surface area contributed by atoms with Crippen LogP contribution in [0.4, 0.5) is 0 Å². The molecule has 0 aromatic heterocycles. The standard InChI is InChI=1S/C13H19NO4S/c1-9-7-19(15,16)8-12(14-9)11-5-4-10(17-2)6-13(11)18-3/h4-6,9,12,14H,7-8H2,1-3H3. The Kier molecular flexibility index (Phi) is 4.01. The van der Waals surface area contributed by atoms with E-state index in [1.807, 2.05) is 19.1 Å². The van der Waals surface area contributed by atoms with Crippen LogP contribution in [0.25, 0.3) is 0 Å². The topological polar surface area (TPSA) is 64.6 Å². The van der Waals surface area contributed by atoms with Crippen molar-refractivity contribution in [1.29, 1.82) is 0 Å². The van der Waals surface area contributed by atoms with Crippen molar-refractivity contribution >= 4 is 9.84 Å². The van der Waals surface area contributed by atoms with Crippen LogP contribution in [-0.2, 0) is 9.84 Å². The van der Waals surface area contributed by atoms with Gasteiger partial charge in [0.15, 0.2) is 9.84 Å². The van der Waals surface area contributed by atoms with Crippen LogP contribution in [0.3, 0.4) is 0 Å². The van der Waals surface area contributed by atoms with Crippen molar-refractivity contribution in [2.75, 3.05) is 25.7 Å². The lowest BCUT2D eigenvalue weighted by atomic mass is 10.1. The second-order valence-corrected chi connectivity index (χ2v) is 6.96. The maximum Gasteiger partial charge on any atom is 0.153 e. The molecule has 1 aromatic carbocycles. The molecule has 1 heterocycles. The molecule has 1 aliphatic rings. The Morgan fingerprint density at radius 3 is 2.53 bits per heavy atom. The van der Waals surface area contributed by atoms with Gasteiger partial charge in [0.1, 0.15) is 11.5 Å². The highest BCUT2D eigenvalue weighted by Crippen LogP contribution is 2.32. The average molecular weight is 285 g/mol. The molecule has 0 amide bonds. The van der Waals surface area contributed by atoms with Gasteiger partial charge in [-0.05, 0) is 13.0 Å². The molecule has 5 nitrogen and oxygen atoms in total. The summed E-state index contributed by atoms with van der Waals surface area (Å²) < 4.78 is 34.2. The maximum atomic E-state index is 11.9. The molecule has 0 spiro atoms. The molecule has 0 radical (unpaired) electrons. The van der Waals surface area contributed by atoms with Gasteiger partial charge >= 0.3 is 0 Å². The quantitative estimate of drug-likeness (QED) is 0.902. The Bertz CT molecular complexity index is 556. The first-order valence-corrected chi connectivity index (χ1v) is 7.95. The summed E-state index contributed by atoms with van der Waals surface area (Å²) in [7, 11) is 0.132. The molecule has 6 heteroatoms. The number of nitrogens with one attached hydrogen (secondary N) is 1. The normalized spacial score (nSPS) is 25.8. The zero-order valence-corrected chi connectivity index (χ0v) is 12.2. The summed E-state index contributed by atoms with van der Waals surface area (Å²) in [5.41, 5.74) is 0.846. The van der Waals surface area contributed by atoms with E-state index in [1.54, 1.807) is 20.3 Å². The molecule has 0 bridgehead atoms. The van der Waals surface area contributed by atoms with Gasteiger partial charge < -0.3 is 14.8 Å². The number of benzene rings is 1. The van der Waals surface area contributed by atoms with E-state index < -0.39 is 9.84 Å². The van der Waals surface area contributed by atoms with Crippen LogP contribution in [0, 0.1) is 0 Å². The van der Waals surface area contributed by atoms with Gasteiger partial charge in [0.05, 0.1) is 31.8 Å². The van der Waals surface area contributed by atoms with Crippen molar-refractivity contribution in [2.24, 2.45) is 0 Å². The number of sulfone groups is 1. The van der Waals surface area contributed by atoms with E-state index in [0.717, 1.165) is 5.56 Å². The lowest BCUT2D eigenvalue weighted by molar-refractivity contribution is 0.381. The summed E-state index contributed by atoms with van der Waals surface area (Å²) in [6.45, 7) is 1.87. The van der Waals surface area contributed by atoms with Gasteiger partial charge in [-0.1, -0.05) is 6.07 Å². The molecule has 2 rings (SSSR count). The largest absolute Gasteiger partial charge is 0.497 e. The summed E-state index contributed by atoms with van der Waals surface area (Å²) in [6, 6.07) is 5.13. The van der Waals surface area contributed by atoms with Gasteiger partial charge in [0, 0.05) is 17.7 Å². The van der Waals surface area contributed by atoms with Crippen molar-refractivity contribution in [1.82, 2.24) is 5.32 Å². The highest BCUT2D eigenvalue weighted by atomic mass is 32.2. The van der Waals surface area contributed by atoms with E-state index in [-0.39, 0.29) is 23.6 Å². The second kappa shape index (κ2) is 5.38. The zero-order chi connectivity index (χ0) is 14.0. The van der Waals surface area contributed by atoms with Crippen molar-refractivity contribution in [3.8, 4) is 11.5 Å². The van der Waals surface area contributed by atoms with E-state index in [1.165, 1.54) is 0 Å². The van der Waals surface area contributed by atoms with Gasteiger partial charge in [-0.25, -0.2) is 8.42 Å². The van der Waals surface area contributed by atoms with Crippen LogP contribution in [-0.4, -0.2) is 40.2 Å². The van der Waals surface area contributed by atoms with E-state index in [2.05, 4.69) is 5.32 Å². The predicted octanol–water partition coefficient (Wildman–Crippen LogP) is 1.15. The molecule has 106 valence electrons. The molecular weight excluding hydrogens is 266 g/mol. The summed E-state index contributed by atoms with van der Waals surface area (Å²) in [5.74, 6) is 1.61. The summed E-state index contributed by atoms with van der Waals surface area (Å²) in [4.78, 5) is 0. The minimum absolute atomic E-state index is 0.0597. The highest BCUT2D eigenvalue weighted by molar-refractivity contribution is 7.91. The number of rotatable bonds is 3. The molecular formula is C13H19NO4S. The molecule has 19 heavy (non-hydrogen) atoms. The minimum Gasteiger partial charge on any atom is -0.497 e. The van der Waals surface area contributed by atoms with Crippen LogP contribution >= 0.6 is 0 Å².